The molecule has 0 aliphatic rings. The fraction of sp³-hybridized carbons (Fsp3) is 0.714. The van der Waals surface area contributed by atoms with Crippen LogP contribution in [0.3, 0.4) is 0 Å². The molecular weight excluding hydrogens is 214 g/mol. The van der Waals surface area contributed by atoms with E-state index < -0.39 is 0 Å². The van der Waals surface area contributed by atoms with E-state index in [-0.39, 0.29) is 11.5 Å². The van der Waals surface area contributed by atoms with Gasteiger partial charge in [-0.05, 0) is 23.5 Å². The van der Waals surface area contributed by atoms with Gasteiger partial charge in [0.15, 0.2) is 0 Å². The Hall–Kier alpha value is -0.340. The Balaban J connectivity index is 2.85. The van der Waals surface area contributed by atoms with E-state index in [2.05, 4.69) is 46.8 Å². The van der Waals surface area contributed by atoms with Crippen molar-refractivity contribution in [3.8, 4) is 0 Å². The topological polar surface area (TPSA) is 26.0 Å². The van der Waals surface area contributed by atoms with Crippen LogP contribution < -0.4 is 5.73 Å². The van der Waals surface area contributed by atoms with Crippen LogP contribution in [-0.4, -0.2) is 0 Å². The monoisotopic (exact) mass is 239 g/mol. The van der Waals surface area contributed by atoms with Crippen LogP contribution in [0.5, 0.6) is 0 Å². The number of hydrogen-bond acceptors (Lipinski definition) is 2. The van der Waals surface area contributed by atoms with Crippen molar-refractivity contribution < 1.29 is 0 Å². The van der Waals surface area contributed by atoms with E-state index in [1.54, 1.807) is 0 Å². The molecule has 0 bridgehead atoms. The van der Waals surface area contributed by atoms with Crippen molar-refractivity contribution in [1.82, 2.24) is 0 Å². The maximum absolute atomic E-state index is 6.33. The predicted molar refractivity (Wildman–Crippen MR) is 74.0 cm³/mol. The Morgan fingerprint density at radius 2 is 1.75 bits per heavy atom. The second-order valence-corrected chi connectivity index (χ2v) is 6.67. The SMILES string of the molecule is CCC(CC)C(N)c1ccc(C(C)(C)C)s1. The van der Waals surface area contributed by atoms with Gasteiger partial charge in [-0.2, -0.15) is 0 Å². The zero-order chi connectivity index (χ0) is 12.3. The van der Waals surface area contributed by atoms with Crippen LogP contribution in [0.15, 0.2) is 12.1 Å². The highest BCUT2D eigenvalue weighted by atomic mass is 32.1. The summed E-state index contributed by atoms with van der Waals surface area (Å²) in [4.78, 5) is 2.78. The lowest BCUT2D eigenvalue weighted by atomic mass is 9.93. The summed E-state index contributed by atoms with van der Waals surface area (Å²) in [6.45, 7) is 11.2. The summed E-state index contributed by atoms with van der Waals surface area (Å²) >= 11 is 1.88. The van der Waals surface area contributed by atoms with Crippen LogP contribution in [0.2, 0.25) is 0 Å². The molecule has 16 heavy (non-hydrogen) atoms. The molecule has 1 aromatic heterocycles. The average molecular weight is 239 g/mol. The third kappa shape index (κ3) is 3.08. The first-order valence-electron chi connectivity index (χ1n) is 6.25. The zero-order valence-electron chi connectivity index (χ0n) is 11.2. The van der Waals surface area contributed by atoms with Gasteiger partial charge in [-0.15, -0.1) is 11.3 Å². The number of nitrogens with two attached hydrogens (primary N) is 1. The summed E-state index contributed by atoms with van der Waals surface area (Å²) in [6, 6.07) is 4.67. The van der Waals surface area contributed by atoms with Crippen LogP contribution in [0, 0.1) is 5.92 Å². The molecule has 0 saturated heterocycles. The highest BCUT2D eigenvalue weighted by Gasteiger charge is 2.21. The average Bonchev–Trinajstić information content (AvgIpc) is 2.67. The highest BCUT2D eigenvalue weighted by Crippen LogP contribution is 2.35. The smallest absolute Gasteiger partial charge is 0.0418 e. The molecular formula is C14H25NS. The summed E-state index contributed by atoms with van der Waals surface area (Å²) < 4.78 is 0. The molecule has 0 amide bonds. The van der Waals surface area contributed by atoms with Gasteiger partial charge in [0.2, 0.25) is 0 Å². The van der Waals surface area contributed by atoms with Crippen molar-refractivity contribution in [1.29, 1.82) is 0 Å². The van der Waals surface area contributed by atoms with Crippen LogP contribution in [0.4, 0.5) is 0 Å². The standard InChI is InChI=1S/C14H25NS/c1-6-10(7-2)13(15)11-8-9-12(16-11)14(3,4)5/h8-10,13H,6-7,15H2,1-5H3. The summed E-state index contributed by atoms with van der Waals surface area (Å²) in [7, 11) is 0. The summed E-state index contributed by atoms with van der Waals surface area (Å²) in [5, 5.41) is 0. The van der Waals surface area contributed by atoms with Crippen LogP contribution >= 0.6 is 11.3 Å². The van der Waals surface area contributed by atoms with E-state index in [0.29, 0.717) is 5.92 Å². The molecule has 0 spiro atoms. The van der Waals surface area contributed by atoms with Gasteiger partial charge in [-0.1, -0.05) is 47.5 Å². The molecule has 92 valence electrons. The Kier molecular flexibility index (Phi) is 4.57. The van der Waals surface area contributed by atoms with Gasteiger partial charge < -0.3 is 5.73 Å². The minimum absolute atomic E-state index is 0.219. The summed E-state index contributed by atoms with van der Waals surface area (Å²) in [5.41, 5.74) is 6.57. The van der Waals surface area contributed by atoms with E-state index in [0.717, 1.165) is 0 Å². The van der Waals surface area contributed by atoms with Crippen molar-refractivity contribution in [3.63, 3.8) is 0 Å². The van der Waals surface area contributed by atoms with Gasteiger partial charge in [0.25, 0.3) is 0 Å². The number of rotatable bonds is 4. The van der Waals surface area contributed by atoms with Gasteiger partial charge in [-0.25, -0.2) is 0 Å². The van der Waals surface area contributed by atoms with Gasteiger partial charge in [0.1, 0.15) is 0 Å². The molecule has 0 aliphatic carbocycles. The maximum atomic E-state index is 6.33. The molecule has 0 saturated carbocycles. The van der Waals surface area contributed by atoms with Crippen molar-refractivity contribution in [2.24, 2.45) is 11.7 Å². The third-order valence-electron chi connectivity index (χ3n) is 3.25. The lowest BCUT2D eigenvalue weighted by Crippen LogP contribution is -2.19. The quantitative estimate of drug-likeness (QED) is 0.823. The largest absolute Gasteiger partial charge is 0.323 e. The van der Waals surface area contributed by atoms with E-state index in [4.69, 9.17) is 5.73 Å². The second-order valence-electron chi connectivity index (χ2n) is 5.55. The molecule has 0 aliphatic heterocycles. The van der Waals surface area contributed by atoms with Gasteiger partial charge in [-0.3, -0.25) is 0 Å². The lowest BCUT2D eigenvalue weighted by Gasteiger charge is -2.20. The maximum Gasteiger partial charge on any atom is 0.0418 e. The highest BCUT2D eigenvalue weighted by molar-refractivity contribution is 7.12. The van der Waals surface area contributed by atoms with E-state index in [9.17, 15) is 0 Å². The van der Waals surface area contributed by atoms with E-state index in [1.807, 2.05) is 11.3 Å². The molecule has 1 atom stereocenters. The molecule has 1 nitrogen and oxygen atoms in total. The second kappa shape index (κ2) is 5.33. The van der Waals surface area contributed by atoms with Crippen molar-refractivity contribution in [2.45, 2.75) is 58.9 Å². The molecule has 1 aromatic rings. The Bertz CT molecular complexity index is 318. The third-order valence-corrected chi connectivity index (χ3v) is 4.86. The first kappa shape index (κ1) is 13.7. The fourth-order valence-electron chi connectivity index (χ4n) is 1.96. The van der Waals surface area contributed by atoms with Crippen LogP contribution in [0.1, 0.15) is 63.3 Å². The minimum atomic E-state index is 0.219. The summed E-state index contributed by atoms with van der Waals surface area (Å²) in [6.07, 6.45) is 2.33. The van der Waals surface area contributed by atoms with Crippen LogP contribution in [0.25, 0.3) is 0 Å². The lowest BCUT2D eigenvalue weighted by molar-refractivity contribution is 0.410. The Labute approximate surface area is 104 Å². The van der Waals surface area contributed by atoms with Crippen molar-refractivity contribution >= 4 is 11.3 Å². The molecule has 1 heterocycles. The fourth-order valence-corrected chi connectivity index (χ4v) is 3.12. The number of hydrogen-bond donors (Lipinski definition) is 1. The molecule has 0 fully saturated rings. The predicted octanol–water partition coefficient (Wildman–Crippen LogP) is 4.48. The normalized spacial score (nSPS) is 14.4. The van der Waals surface area contributed by atoms with Crippen molar-refractivity contribution in [2.75, 3.05) is 0 Å². The molecule has 0 aromatic carbocycles. The summed E-state index contributed by atoms with van der Waals surface area (Å²) in [5.74, 6) is 0.617. The molecule has 1 rings (SSSR count). The van der Waals surface area contributed by atoms with Gasteiger partial charge in [0.05, 0.1) is 0 Å². The first-order chi connectivity index (χ1) is 7.40. The first-order valence-corrected chi connectivity index (χ1v) is 7.07. The van der Waals surface area contributed by atoms with Crippen LogP contribution in [-0.2, 0) is 5.41 Å². The molecule has 0 radical (unpaired) electrons. The zero-order valence-corrected chi connectivity index (χ0v) is 12.0. The van der Waals surface area contributed by atoms with Gasteiger partial charge in [0, 0.05) is 15.8 Å². The van der Waals surface area contributed by atoms with E-state index >= 15 is 0 Å². The molecule has 1 unspecified atom stereocenters. The molecule has 2 heteroatoms. The van der Waals surface area contributed by atoms with E-state index in [1.165, 1.54) is 22.6 Å². The Morgan fingerprint density at radius 1 is 1.19 bits per heavy atom. The van der Waals surface area contributed by atoms with Gasteiger partial charge >= 0.3 is 0 Å². The molecule has 2 N–H and O–H groups in total. The number of thiophene rings is 1. The van der Waals surface area contributed by atoms with Crippen molar-refractivity contribution in [3.05, 3.63) is 21.9 Å². The Morgan fingerprint density at radius 3 is 2.12 bits per heavy atom. The minimum Gasteiger partial charge on any atom is -0.323 e.